The number of ether oxygens (including phenoxy) is 1. The lowest BCUT2D eigenvalue weighted by atomic mass is 9.86. The van der Waals surface area contributed by atoms with Crippen molar-refractivity contribution >= 4 is 5.91 Å². The van der Waals surface area contributed by atoms with Gasteiger partial charge in [-0.15, -0.1) is 0 Å². The molecule has 1 amide bonds. The van der Waals surface area contributed by atoms with Crippen LogP contribution in [0.4, 0.5) is 8.78 Å². The summed E-state index contributed by atoms with van der Waals surface area (Å²) in [7, 11) is 1.59. The van der Waals surface area contributed by atoms with Gasteiger partial charge in [0.25, 0.3) is 6.08 Å². The summed E-state index contributed by atoms with van der Waals surface area (Å²) in [5.74, 6) is 0.657. The van der Waals surface area contributed by atoms with Crippen LogP contribution in [0.15, 0.2) is 35.9 Å². The third kappa shape index (κ3) is 2.52. The Labute approximate surface area is 122 Å². The van der Waals surface area contributed by atoms with Gasteiger partial charge in [0.05, 0.1) is 13.2 Å². The zero-order chi connectivity index (χ0) is 15.0. The van der Waals surface area contributed by atoms with Gasteiger partial charge < -0.3 is 9.64 Å². The minimum absolute atomic E-state index is 0.00654. The van der Waals surface area contributed by atoms with Crippen molar-refractivity contribution in [3.8, 4) is 5.75 Å². The second kappa shape index (κ2) is 5.47. The zero-order valence-corrected chi connectivity index (χ0v) is 11.8. The molecule has 21 heavy (non-hydrogen) atoms. The summed E-state index contributed by atoms with van der Waals surface area (Å²) in [5.41, 5.74) is 1.07. The molecule has 1 heterocycles. The summed E-state index contributed by atoms with van der Waals surface area (Å²) in [6.45, 7) is 0.376. The molecule has 0 aromatic heterocycles. The molecule has 1 aliphatic carbocycles. The van der Waals surface area contributed by atoms with Crippen LogP contribution in [-0.2, 0) is 11.3 Å². The van der Waals surface area contributed by atoms with E-state index >= 15 is 0 Å². The number of hydrogen-bond donors (Lipinski definition) is 0. The first-order valence-corrected chi connectivity index (χ1v) is 7.07. The number of carbonyl (C=O) groups is 1. The Morgan fingerprint density at radius 3 is 2.67 bits per heavy atom. The first-order chi connectivity index (χ1) is 10.1. The average molecular weight is 293 g/mol. The number of fused-ring (bicyclic) bond motifs is 2. The van der Waals surface area contributed by atoms with Crippen molar-refractivity contribution in [1.82, 2.24) is 4.90 Å². The molecule has 1 aliphatic heterocycles. The number of hydrogen-bond acceptors (Lipinski definition) is 2. The molecule has 0 radical (unpaired) electrons. The van der Waals surface area contributed by atoms with Crippen LogP contribution in [0.1, 0.15) is 24.8 Å². The predicted molar refractivity (Wildman–Crippen MR) is 73.9 cm³/mol. The monoisotopic (exact) mass is 293 g/mol. The molecule has 112 valence electrons. The number of halogens is 2. The number of methoxy groups -OCH3 is 1. The summed E-state index contributed by atoms with van der Waals surface area (Å²) < 4.78 is 31.2. The number of benzene rings is 1. The summed E-state index contributed by atoms with van der Waals surface area (Å²) in [6, 6.07) is 6.93. The fourth-order valence-corrected chi connectivity index (χ4v) is 3.29. The molecule has 0 spiro atoms. The van der Waals surface area contributed by atoms with Crippen LogP contribution >= 0.6 is 0 Å². The highest BCUT2D eigenvalue weighted by atomic mass is 19.3. The number of nitrogens with zero attached hydrogens (tertiary/aromatic N) is 1. The van der Waals surface area contributed by atoms with E-state index in [2.05, 4.69) is 0 Å². The van der Waals surface area contributed by atoms with Crippen molar-refractivity contribution in [1.29, 1.82) is 0 Å². The Kier molecular flexibility index (Phi) is 3.66. The molecule has 1 saturated carbocycles. The van der Waals surface area contributed by atoms with Gasteiger partial charge in [0.2, 0.25) is 5.91 Å². The molecule has 2 fully saturated rings. The number of rotatable bonds is 3. The normalized spacial score (nSPS) is 24.4. The van der Waals surface area contributed by atoms with E-state index in [0.29, 0.717) is 25.8 Å². The molecule has 0 unspecified atom stereocenters. The Morgan fingerprint density at radius 2 is 2.05 bits per heavy atom. The maximum atomic E-state index is 13.0. The van der Waals surface area contributed by atoms with Crippen molar-refractivity contribution in [2.45, 2.75) is 31.8 Å². The van der Waals surface area contributed by atoms with E-state index < -0.39 is 12.1 Å². The molecule has 1 saturated heterocycles. The lowest BCUT2D eigenvalue weighted by Crippen LogP contribution is -2.33. The van der Waals surface area contributed by atoms with Crippen LogP contribution < -0.4 is 4.74 Å². The first kappa shape index (κ1) is 14.0. The van der Waals surface area contributed by atoms with Gasteiger partial charge in [0.1, 0.15) is 5.75 Å². The van der Waals surface area contributed by atoms with Crippen molar-refractivity contribution < 1.29 is 18.3 Å². The van der Waals surface area contributed by atoms with Gasteiger partial charge in [-0.25, -0.2) is 0 Å². The van der Waals surface area contributed by atoms with Crippen LogP contribution in [0.25, 0.3) is 0 Å². The van der Waals surface area contributed by atoms with E-state index in [4.69, 9.17) is 4.74 Å². The van der Waals surface area contributed by atoms with E-state index in [1.54, 1.807) is 12.0 Å². The van der Waals surface area contributed by atoms with Crippen LogP contribution in [0.3, 0.4) is 0 Å². The molecule has 2 aliphatic rings. The van der Waals surface area contributed by atoms with E-state index in [0.717, 1.165) is 11.3 Å². The van der Waals surface area contributed by atoms with Crippen LogP contribution in [-0.4, -0.2) is 24.0 Å². The maximum absolute atomic E-state index is 13.0. The van der Waals surface area contributed by atoms with Gasteiger partial charge in [-0.05, 0) is 37.0 Å². The van der Waals surface area contributed by atoms with E-state index in [9.17, 15) is 13.6 Å². The molecule has 1 aromatic rings. The van der Waals surface area contributed by atoms with Crippen molar-refractivity contribution in [3.63, 3.8) is 0 Å². The predicted octanol–water partition coefficient (Wildman–Crippen LogP) is 3.36. The van der Waals surface area contributed by atoms with E-state index in [-0.39, 0.29) is 17.4 Å². The highest BCUT2D eigenvalue weighted by Gasteiger charge is 2.45. The van der Waals surface area contributed by atoms with Crippen molar-refractivity contribution in [2.75, 3.05) is 7.11 Å². The number of likely N-dealkylation sites (tertiary alicyclic amines) is 1. The molecule has 0 N–H and O–H groups in total. The number of carbonyl (C=O) groups excluding carboxylic acids is 1. The standard InChI is InChI=1S/C16H17F2NO2/c1-21-12-5-2-10(3-6-12)9-19-14-8-11(16(19)20)4-7-13(14)15(17)18/h2-3,5-6,11,14H,4,7-9H2,1H3/t11-,14-/m0/s1. The first-order valence-electron chi connectivity index (χ1n) is 7.07. The minimum Gasteiger partial charge on any atom is -0.497 e. The summed E-state index contributed by atoms with van der Waals surface area (Å²) in [5, 5.41) is 0. The molecular weight excluding hydrogens is 276 g/mol. The van der Waals surface area contributed by atoms with Gasteiger partial charge in [-0.3, -0.25) is 4.79 Å². The second-order valence-corrected chi connectivity index (χ2v) is 5.59. The quantitative estimate of drug-likeness (QED) is 0.855. The van der Waals surface area contributed by atoms with E-state index in [1.807, 2.05) is 24.3 Å². The van der Waals surface area contributed by atoms with Crippen LogP contribution in [0, 0.1) is 5.92 Å². The van der Waals surface area contributed by atoms with Gasteiger partial charge in [-0.1, -0.05) is 12.1 Å². The SMILES string of the molecule is COc1ccc(CN2C(=O)[C@H]3CCC(=C(F)F)[C@@H]2C3)cc1. The molecular formula is C16H17F2NO2. The van der Waals surface area contributed by atoms with Crippen LogP contribution in [0.2, 0.25) is 0 Å². The molecule has 1 aromatic carbocycles. The fourth-order valence-electron chi connectivity index (χ4n) is 3.29. The Bertz CT molecular complexity index is 578. The Morgan fingerprint density at radius 1 is 1.33 bits per heavy atom. The highest BCUT2D eigenvalue weighted by molar-refractivity contribution is 5.82. The molecule has 2 bridgehead atoms. The second-order valence-electron chi connectivity index (χ2n) is 5.59. The van der Waals surface area contributed by atoms with E-state index in [1.165, 1.54) is 0 Å². The van der Waals surface area contributed by atoms with Crippen LogP contribution in [0.5, 0.6) is 5.75 Å². The molecule has 5 heteroatoms. The smallest absolute Gasteiger partial charge is 0.271 e. The summed E-state index contributed by atoms with van der Waals surface area (Å²) in [6.07, 6.45) is -0.210. The summed E-state index contributed by atoms with van der Waals surface area (Å²) in [4.78, 5) is 13.9. The lowest BCUT2D eigenvalue weighted by molar-refractivity contribution is -0.131. The zero-order valence-electron chi connectivity index (χ0n) is 11.8. The summed E-state index contributed by atoms with van der Waals surface area (Å²) >= 11 is 0. The minimum atomic E-state index is -1.62. The fraction of sp³-hybridized carbons (Fsp3) is 0.438. The van der Waals surface area contributed by atoms with Gasteiger partial charge in [0.15, 0.2) is 0 Å². The van der Waals surface area contributed by atoms with Gasteiger partial charge in [0, 0.05) is 18.0 Å². The Hall–Kier alpha value is -1.91. The molecule has 2 atom stereocenters. The van der Waals surface area contributed by atoms with Crippen molar-refractivity contribution in [2.24, 2.45) is 5.92 Å². The Balaban J connectivity index is 1.83. The van der Waals surface area contributed by atoms with Gasteiger partial charge in [-0.2, -0.15) is 8.78 Å². The molecule has 3 rings (SSSR count). The molecule has 3 nitrogen and oxygen atoms in total. The topological polar surface area (TPSA) is 29.5 Å². The number of amides is 1. The third-order valence-corrected chi connectivity index (χ3v) is 4.44. The highest BCUT2D eigenvalue weighted by Crippen LogP contribution is 2.42. The third-order valence-electron chi connectivity index (χ3n) is 4.44. The van der Waals surface area contributed by atoms with Gasteiger partial charge >= 0.3 is 0 Å². The lowest BCUT2D eigenvalue weighted by Gasteiger charge is -2.26. The van der Waals surface area contributed by atoms with Crippen molar-refractivity contribution in [3.05, 3.63) is 41.5 Å². The maximum Gasteiger partial charge on any atom is 0.271 e. The largest absolute Gasteiger partial charge is 0.497 e. The average Bonchev–Trinajstić information content (AvgIpc) is 2.73.